The second kappa shape index (κ2) is 8.14. The number of benzene rings is 1. The predicted octanol–water partition coefficient (Wildman–Crippen LogP) is 3.96. The molecule has 2 aromatic rings. The Balaban J connectivity index is 0.00000176. The summed E-state index contributed by atoms with van der Waals surface area (Å²) < 4.78 is 0. The van der Waals surface area contributed by atoms with Crippen LogP contribution in [-0.4, -0.2) is 29.5 Å². The van der Waals surface area contributed by atoms with E-state index in [1.165, 1.54) is 5.56 Å². The van der Waals surface area contributed by atoms with Crippen LogP contribution < -0.4 is 5.32 Å². The first kappa shape index (κ1) is 17.5. The van der Waals surface area contributed by atoms with E-state index < -0.39 is 0 Å². The van der Waals surface area contributed by atoms with Gasteiger partial charge in [-0.15, -0.1) is 12.4 Å². The van der Waals surface area contributed by atoms with Gasteiger partial charge in [0, 0.05) is 60.2 Å². The molecule has 0 spiro atoms. The Morgan fingerprint density at radius 3 is 2.64 bits per heavy atom. The van der Waals surface area contributed by atoms with Crippen LogP contribution in [0.4, 0.5) is 0 Å². The zero-order valence-corrected chi connectivity index (χ0v) is 14.3. The minimum atomic E-state index is 0. The van der Waals surface area contributed by atoms with Crippen LogP contribution in [-0.2, 0) is 6.54 Å². The number of piperazine rings is 1. The van der Waals surface area contributed by atoms with Gasteiger partial charge in [0.1, 0.15) is 0 Å². The Kier molecular flexibility index (Phi) is 6.48. The molecule has 0 bridgehead atoms. The van der Waals surface area contributed by atoms with E-state index in [1.807, 2.05) is 30.5 Å². The molecule has 3 nitrogen and oxygen atoms in total. The normalized spacial score (nSPS) is 18.7. The van der Waals surface area contributed by atoms with Crippen LogP contribution in [0.1, 0.15) is 17.2 Å². The van der Waals surface area contributed by atoms with Crippen molar-refractivity contribution in [2.75, 3.05) is 19.6 Å². The predicted molar refractivity (Wildman–Crippen MR) is 94.0 cm³/mol. The van der Waals surface area contributed by atoms with Gasteiger partial charge in [-0.3, -0.25) is 9.88 Å². The number of nitrogens with one attached hydrogen (secondary N) is 1. The van der Waals surface area contributed by atoms with E-state index in [9.17, 15) is 0 Å². The van der Waals surface area contributed by atoms with Crippen LogP contribution >= 0.6 is 35.6 Å². The fourth-order valence-corrected chi connectivity index (χ4v) is 3.24. The fourth-order valence-electron chi connectivity index (χ4n) is 2.72. The van der Waals surface area contributed by atoms with Crippen LogP contribution in [0.15, 0.2) is 42.7 Å². The number of pyridine rings is 1. The first-order chi connectivity index (χ1) is 10.3. The Morgan fingerprint density at radius 2 is 1.95 bits per heavy atom. The third-order valence-electron chi connectivity index (χ3n) is 3.85. The van der Waals surface area contributed by atoms with Crippen LogP contribution in [0.3, 0.4) is 0 Å². The third kappa shape index (κ3) is 3.92. The molecule has 1 aromatic carbocycles. The van der Waals surface area contributed by atoms with E-state index in [4.69, 9.17) is 23.2 Å². The van der Waals surface area contributed by atoms with E-state index in [-0.39, 0.29) is 12.4 Å². The molecule has 1 saturated heterocycles. The van der Waals surface area contributed by atoms with Gasteiger partial charge in [-0.05, 0) is 23.8 Å². The van der Waals surface area contributed by atoms with E-state index in [0.29, 0.717) is 6.04 Å². The molecular weight excluding hydrogens is 341 g/mol. The summed E-state index contributed by atoms with van der Waals surface area (Å²) in [5.74, 6) is 0. The molecule has 1 unspecified atom stereocenters. The Morgan fingerprint density at radius 1 is 1.18 bits per heavy atom. The number of nitrogens with zero attached hydrogens (tertiary/aromatic N) is 2. The van der Waals surface area contributed by atoms with Crippen molar-refractivity contribution in [3.8, 4) is 0 Å². The maximum absolute atomic E-state index is 6.30. The number of rotatable bonds is 3. The highest BCUT2D eigenvalue weighted by molar-refractivity contribution is 6.35. The van der Waals surface area contributed by atoms with Crippen molar-refractivity contribution < 1.29 is 0 Å². The summed E-state index contributed by atoms with van der Waals surface area (Å²) in [5, 5.41) is 4.90. The Hall–Kier alpha value is -0.840. The molecule has 3 rings (SSSR count). The molecule has 1 aliphatic heterocycles. The van der Waals surface area contributed by atoms with Gasteiger partial charge in [-0.1, -0.05) is 35.3 Å². The highest BCUT2D eigenvalue weighted by atomic mass is 35.5. The molecule has 0 radical (unpaired) electrons. The van der Waals surface area contributed by atoms with Crippen molar-refractivity contribution in [1.82, 2.24) is 15.2 Å². The summed E-state index contributed by atoms with van der Waals surface area (Å²) in [6, 6.07) is 10.1. The van der Waals surface area contributed by atoms with Gasteiger partial charge in [-0.2, -0.15) is 0 Å². The average molecular weight is 359 g/mol. The van der Waals surface area contributed by atoms with Crippen molar-refractivity contribution in [2.45, 2.75) is 12.6 Å². The second-order valence-electron chi connectivity index (χ2n) is 5.18. The largest absolute Gasteiger partial charge is 0.314 e. The van der Waals surface area contributed by atoms with Crippen molar-refractivity contribution in [2.24, 2.45) is 0 Å². The minimum Gasteiger partial charge on any atom is -0.314 e. The van der Waals surface area contributed by atoms with Gasteiger partial charge < -0.3 is 5.32 Å². The van der Waals surface area contributed by atoms with E-state index >= 15 is 0 Å². The van der Waals surface area contributed by atoms with Gasteiger partial charge in [0.25, 0.3) is 0 Å². The summed E-state index contributed by atoms with van der Waals surface area (Å²) in [4.78, 5) is 6.63. The zero-order chi connectivity index (χ0) is 14.7. The standard InChI is InChI=1S/C16H17Cl2N3.ClH/c17-14-4-1-5-15(18)13(14)11-21-8-7-20-10-16(21)12-3-2-6-19-9-12;/h1-6,9,16,20H,7-8,10-11H2;1H. The molecule has 6 heteroatoms. The lowest BCUT2D eigenvalue weighted by Crippen LogP contribution is -2.45. The summed E-state index contributed by atoms with van der Waals surface area (Å²) in [6.07, 6.45) is 3.73. The van der Waals surface area contributed by atoms with Crippen LogP contribution in [0, 0.1) is 0 Å². The topological polar surface area (TPSA) is 28.2 Å². The molecule has 1 fully saturated rings. The van der Waals surface area contributed by atoms with Crippen molar-refractivity contribution >= 4 is 35.6 Å². The maximum Gasteiger partial charge on any atom is 0.0492 e. The zero-order valence-electron chi connectivity index (χ0n) is 12.0. The summed E-state index contributed by atoms with van der Waals surface area (Å²) in [7, 11) is 0. The summed E-state index contributed by atoms with van der Waals surface area (Å²) >= 11 is 12.6. The van der Waals surface area contributed by atoms with Gasteiger partial charge >= 0.3 is 0 Å². The molecule has 118 valence electrons. The fraction of sp³-hybridized carbons (Fsp3) is 0.312. The Bertz CT molecular complexity index is 587. The highest BCUT2D eigenvalue weighted by Crippen LogP contribution is 2.30. The second-order valence-corrected chi connectivity index (χ2v) is 5.99. The van der Waals surface area contributed by atoms with Crippen LogP contribution in [0.5, 0.6) is 0 Å². The first-order valence-electron chi connectivity index (χ1n) is 7.03. The number of aromatic nitrogens is 1. The first-order valence-corrected chi connectivity index (χ1v) is 7.79. The Labute approximate surface area is 147 Å². The molecule has 0 saturated carbocycles. The third-order valence-corrected chi connectivity index (χ3v) is 4.55. The van der Waals surface area contributed by atoms with E-state index in [0.717, 1.165) is 41.8 Å². The van der Waals surface area contributed by atoms with Crippen LogP contribution in [0.2, 0.25) is 10.0 Å². The quantitative estimate of drug-likeness (QED) is 0.900. The van der Waals surface area contributed by atoms with Gasteiger partial charge in [0.15, 0.2) is 0 Å². The van der Waals surface area contributed by atoms with Crippen molar-refractivity contribution in [3.63, 3.8) is 0 Å². The van der Waals surface area contributed by atoms with Gasteiger partial charge in [0.2, 0.25) is 0 Å². The number of halogens is 3. The molecule has 2 heterocycles. The van der Waals surface area contributed by atoms with Gasteiger partial charge in [-0.25, -0.2) is 0 Å². The van der Waals surface area contributed by atoms with Crippen LogP contribution in [0.25, 0.3) is 0 Å². The molecule has 1 atom stereocenters. The van der Waals surface area contributed by atoms with E-state index in [2.05, 4.69) is 21.3 Å². The number of hydrogen-bond acceptors (Lipinski definition) is 3. The minimum absolute atomic E-state index is 0. The molecule has 0 aliphatic carbocycles. The maximum atomic E-state index is 6.30. The molecular formula is C16H18Cl3N3. The monoisotopic (exact) mass is 357 g/mol. The van der Waals surface area contributed by atoms with Gasteiger partial charge in [0.05, 0.1) is 0 Å². The molecule has 22 heavy (non-hydrogen) atoms. The lowest BCUT2D eigenvalue weighted by molar-refractivity contribution is 0.153. The summed E-state index contributed by atoms with van der Waals surface area (Å²) in [6.45, 7) is 3.59. The molecule has 0 amide bonds. The smallest absolute Gasteiger partial charge is 0.0492 e. The summed E-state index contributed by atoms with van der Waals surface area (Å²) in [5.41, 5.74) is 2.21. The van der Waals surface area contributed by atoms with E-state index in [1.54, 1.807) is 6.20 Å². The van der Waals surface area contributed by atoms with Crippen molar-refractivity contribution in [1.29, 1.82) is 0 Å². The average Bonchev–Trinajstić information content (AvgIpc) is 2.52. The lowest BCUT2D eigenvalue weighted by atomic mass is 10.0. The highest BCUT2D eigenvalue weighted by Gasteiger charge is 2.25. The van der Waals surface area contributed by atoms with Crippen molar-refractivity contribution in [3.05, 3.63) is 63.9 Å². The molecule has 1 N–H and O–H groups in total. The SMILES string of the molecule is Cl.Clc1cccc(Cl)c1CN1CCNCC1c1cccnc1. The molecule has 1 aliphatic rings. The molecule has 1 aromatic heterocycles. The lowest BCUT2D eigenvalue weighted by Gasteiger charge is -2.36. The number of hydrogen-bond donors (Lipinski definition) is 1.